The highest BCUT2D eigenvalue weighted by molar-refractivity contribution is 5.77. The number of aromatic nitrogens is 1. The Hall–Kier alpha value is -2.75. The Morgan fingerprint density at radius 1 is 1.04 bits per heavy atom. The van der Waals surface area contributed by atoms with E-state index in [1.807, 2.05) is 42.5 Å². The predicted molar refractivity (Wildman–Crippen MR) is 111 cm³/mol. The van der Waals surface area contributed by atoms with Crippen molar-refractivity contribution in [2.45, 2.75) is 44.6 Å². The van der Waals surface area contributed by atoms with E-state index < -0.39 is 0 Å². The summed E-state index contributed by atoms with van der Waals surface area (Å²) in [7, 11) is 2.07. The Labute approximate surface area is 166 Å². The number of nitrogens with zero attached hydrogens (tertiary/aromatic N) is 2. The van der Waals surface area contributed by atoms with Gasteiger partial charge in [-0.15, -0.1) is 0 Å². The number of furan rings is 1. The molecule has 1 aromatic carbocycles. The summed E-state index contributed by atoms with van der Waals surface area (Å²) in [6, 6.07) is 18.5. The molecule has 0 spiro atoms. The van der Waals surface area contributed by atoms with Crippen LogP contribution >= 0.6 is 0 Å². The maximum Gasteiger partial charge on any atom is 0.223 e. The van der Waals surface area contributed by atoms with E-state index >= 15 is 0 Å². The molecule has 1 saturated heterocycles. The van der Waals surface area contributed by atoms with Crippen molar-refractivity contribution in [3.8, 4) is 11.3 Å². The molecule has 1 aliphatic rings. The lowest BCUT2D eigenvalue weighted by molar-refractivity contribution is -0.133. The Morgan fingerprint density at radius 2 is 1.89 bits per heavy atom. The highest BCUT2D eigenvalue weighted by Gasteiger charge is 2.28. The van der Waals surface area contributed by atoms with Crippen LogP contribution in [0.4, 0.5) is 0 Å². The van der Waals surface area contributed by atoms with E-state index in [2.05, 4.69) is 34.8 Å². The predicted octanol–water partition coefficient (Wildman–Crippen LogP) is 5.36. The fraction of sp³-hybridized carbons (Fsp3) is 0.375. The number of carbonyl (C=O) groups excluding carboxylic acids is 1. The van der Waals surface area contributed by atoms with E-state index in [1.165, 1.54) is 18.5 Å². The number of likely N-dealkylation sites (tertiary alicyclic amines) is 1. The molecule has 3 aromatic rings. The van der Waals surface area contributed by atoms with Gasteiger partial charge in [-0.2, -0.15) is 0 Å². The quantitative estimate of drug-likeness (QED) is 0.601. The number of benzene rings is 1. The van der Waals surface area contributed by atoms with Gasteiger partial charge in [0.1, 0.15) is 11.5 Å². The second-order valence-electron chi connectivity index (χ2n) is 7.63. The summed E-state index contributed by atoms with van der Waals surface area (Å²) in [4.78, 5) is 15.2. The summed E-state index contributed by atoms with van der Waals surface area (Å²) in [5.41, 5.74) is 2.30. The van der Waals surface area contributed by atoms with Gasteiger partial charge in [0.05, 0.1) is 6.04 Å². The Morgan fingerprint density at radius 3 is 2.68 bits per heavy atom. The number of rotatable bonds is 5. The van der Waals surface area contributed by atoms with Crippen molar-refractivity contribution >= 4 is 5.91 Å². The van der Waals surface area contributed by atoms with Gasteiger partial charge in [-0.3, -0.25) is 4.79 Å². The van der Waals surface area contributed by atoms with E-state index in [1.54, 1.807) is 0 Å². The van der Waals surface area contributed by atoms with Crippen LogP contribution in [0.5, 0.6) is 0 Å². The average molecular weight is 376 g/mol. The number of amides is 1. The molecule has 3 heterocycles. The van der Waals surface area contributed by atoms with Crippen molar-refractivity contribution in [1.29, 1.82) is 0 Å². The fourth-order valence-electron chi connectivity index (χ4n) is 4.18. The molecule has 1 aliphatic heterocycles. The SMILES string of the molecule is Cn1cccc1C1CCCCCN1C(=O)CCc1ccc(-c2ccccc2)o1. The van der Waals surface area contributed by atoms with Crippen LogP contribution in [0, 0.1) is 0 Å². The highest BCUT2D eigenvalue weighted by Crippen LogP contribution is 2.31. The lowest BCUT2D eigenvalue weighted by atomic mass is 10.1. The maximum atomic E-state index is 13.1. The van der Waals surface area contributed by atoms with Crippen LogP contribution in [0.15, 0.2) is 65.2 Å². The zero-order chi connectivity index (χ0) is 19.3. The van der Waals surface area contributed by atoms with Crippen LogP contribution in [0.25, 0.3) is 11.3 Å². The minimum Gasteiger partial charge on any atom is -0.461 e. The average Bonchev–Trinajstić information content (AvgIpc) is 3.30. The summed E-state index contributed by atoms with van der Waals surface area (Å²) in [5, 5.41) is 0. The Bertz CT molecular complexity index is 910. The van der Waals surface area contributed by atoms with Crippen molar-refractivity contribution < 1.29 is 9.21 Å². The monoisotopic (exact) mass is 376 g/mol. The van der Waals surface area contributed by atoms with Crippen LogP contribution in [0.1, 0.15) is 49.6 Å². The molecular weight excluding hydrogens is 348 g/mol. The molecule has 4 heteroatoms. The first-order chi connectivity index (χ1) is 13.7. The summed E-state index contributed by atoms with van der Waals surface area (Å²) in [6.07, 6.45) is 7.71. The van der Waals surface area contributed by atoms with Gasteiger partial charge in [0, 0.05) is 43.9 Å². The van der Waals surface area contributed by atoms with E-state index in [0.29, 0.717) is 12.8 Å². The van der Waals surface area contributed by atoms with Crippen molar-refractivity contribution in [1.82, 2.24) is 9.47 Å². The second kappa shape index (κ2) is 8.51. The Balaban J connectivity index is 1.43. The molecule has 1 fully saturated rings. The molecule has 146 valence electrons. The molecule has 0 aliphatic carbocycles. The van der Waals surface area contributed by atoms with Crippen molar-refractivity contribution in [2.24, 2.45) is 7.05 Å². The molecule has 4 nitrogen and oxygen atoms in total. The molecule has 0 N–H and O–H groups in total. The van der Waals surface area contributed by atoms with E-state index in [0.717, 1.165) is 36.5 Å². The van der Waals surface area contributed by atoms with Crippen LogP contribution in [-0.2, 0) is 18.3 Å². The fourth-order valence-corrected chi connectivity index (χ4v) is 4.18. The molecule has 0 radical (unpaired) electrons. The zero-order valence-electron chi connectivity index (χ0n) is 16.5. The maximum absolute atomic E-state index is 13.1. The number of carbonyl (C=O) groups is 1. The van der Waals surface area contributed by atoms with E-state index in [9.17, 15) is 4.79 Å². The van der Waals surface area contributed by atoms with Gasteiger partial charge in [0.2, 0.25) is 5.91 Å². The van der Waals surface area contributed by atoms with Gasteiger partial charge in [-0.05, 0) is 37.1 Å². The molecule has 28 heavy (non-hydrogen) atoms. The van der Waals surface area contributed by atoms with E-state index in [4.69, 9.17) is 4.42 Å². The molecule has 1 unspecified atom stereocenters. The van der Waals surface area contributed by atoms with Gasteiger partial charge < -0.3 is 13.9 Å². The standard InChI is InChI=1S/C24H28N2O2/c1-25-17-8-12-21(25)22-11-6-3-7-18-26(22)24(27)16-14-20-13-15-23(28-20)19-9-4-2-5-10-19/h2,4-5,8-10,12-13,15,17,22H,3,6-7,11,14,16,18H2,1H3. The van der Waals surface area contributed by atoms with E-state index in [-0.39, 0.29) is 11.9 Å². The second-order valence-corrected chi connectivity index (χ2v) is 7.63. The van der Waals surface area contributed by atoms with Crippen LogP contribution in [0.3, 0.4) is 0 Å². The van der Waals surface area contributed by atoms with Crippen molar-refractivity contribution in [3.63, 3.8) is 0 Å². The molecule has 1 amide bonds. The van der Waals surface area contributed by atoms with Crippen LogP contribution in [-0.4, -0.2) is 21.9 Å². The Kier molecular flexibility index (Phi) is 5.65. The summed E-state index contributed by atoms with van der Waals surface area (Å²) in [5.74, 6) is 1.96. The molecular formula is C24H28N2O2. The third-order valence-electron chi connectivity index (χ3n) is 5.70. The summed E-state index contributed by atoms with van der Waals surface area (Å²) < 4.78 is 8.12. The number of hydrogen-bond acceptors (Lipinski definition) is 2. The van der Waals surface area contributed by atoms with Crippen molar-refractivity contribution in [2.75, 3.05) is 6.54 Å². The third kappa shape index (κ3) is 4.06. The first kappa shape index (κ1) is 18.6. The number of aryl methyl sites for hydroxylation is 2. The highest BCUT2D eigenvalue weighted by atomic mass is 16.3. The normalized spacial score (nSPS) is 17.5. The van der Waals surface area contributed by atoms with Gasteiger partial charge in [0.15, 0.2) is 0 Å². The summed E-state index contributed by atoms with van der Waals surface area (Å²) in [6.45, 7) is 0.849. The van der Waals surface area contributed by atoms with Crippen molar-refractivity contribution in [3.05, 3.63) is 72.2 Å². The molecule has 1 atom stereocenters. The summed E-state index contributed by atoms with van der Waals surface area (Å²) >= 11 is 0. The minimum atomic E-state index is 0.187. The van der Waals surface area contributed by atoms with Crippen LogP contribution < -0.4 is 0 Å². The molecule has 4 rings (SSSR count). The first-order valence-electron chi connectivity index (χ1n) is 10.3. The van der Waals surface area contributed by atoms with Gasteiger partial charge in [0.25, 0.3) is 0 Å². The zero-order valence-corrected chi connectivity index (χ0v) is 16.5. The molecule has 0 saturated carbocycles. The smallest absolute Gasteiger partial charge is 0.223 e. The molecule has 0 bridgehead atoms. The van der Waals surface area contributed by atoms with Gasteiger partial charge in [-0.25, -0.2) is 0 Å². The lowest BCUT2D eigenvalue weighted by Gasteiger charge is -2.30. The lowest BCUT2D eigenvalue weighted by Crippen LogP contribution is -2.35. The van der Waals surface area contributed by atoms with Gasteiger partial charge in [-0.1, -0.05) is 43.2 Å². The van der Waals surface area contributed by atoms with Crippen LogP contribution in [0.2, 0.25) is 0 Å². The van der Waals surface area contributed by atoms with Gasteiger partial charge >= 0.3 is 0 Å². The topological polar surface area (TPSA) is 38.4 Å². The largest absolute Gasteiger partial charge is 0.461 e. The molecule has 2 aromatic heterocycles. The minimum absolute atomic E-state index is 0.187. The number of hydrogen-bond donors (Lipinski definition) is 0. The third-order valence-corrected chi connectivity index (χ3v) is 5.70. The first-order valence-corrected chi connectivity index (χ1v) is 10.3.